The predicted molar refractivity (Wildman–Crippen MR) is 232 cm³/mol. The zero-order valence-electron chi connectivity index (χ0n) is 34.2. The van der Waals surface area contributed by atoms with E-state index in [-0.39, 0.29) is 77.6 Å². The Labute approximate surface area is 375 Å². The summed E-state index contributed by atoms with van der Waals surface area (Å²) in [6.45, 7) is 0. The Morgan fingerprint density at radius 3 is 1.01 bits per heavy atom. The number of nitriles is 1. The molecule has 0 unspecified atom stereocenters. The van der Waals surface area contributed by atoms with Gasteiger partial charge < -0.3 is 9.13 Å². The van der Waals surface area contributed by atoms with Crippen molar-refractivity contribution in [3.63, 3.8) is 0 Å². The maximum Gasteiger partial charge on any atom is 0.416 e. The molecule has 5 nitrogen and oxygen atoms in total. The second-order valence-electron chi connectivity index (χ2n) is 15.8. The summed E-state index contributed by atoms with van der Waals surface area (Å²) in [5.74, 6) is 0.210. The van der Waals surface area contributed by atoms with Crippen LogP contribution in [0.2, 0.25) is 0 Å². The monoisotopic (exact) mass is 935 g/mol. The van der Waals surface area contributed by atoms with E-state index in [1.807, 2.05) is 0 Å². The van der Waals surface area contributed by atoms with Gasteiger partial charge >= 0.3 is 24.7 Å². The van der Waals surface area contributed by atoms with Crippen molar-refractivity contribution in [2.24, 2.45) is 0 Å². The molecule has 0 N–H and O–H groups in total. The maximum absolute atomic E-state index is 14.3. The Bertz CT molecular complexity index is 3320. The average molecular weight is 936 g/mol. The number of rotatable bonds is 5. The highest BCUT2D eigenvalue weighted by Crippen LogP contribution is 2.45. The number of nitrogens with zero attached hydrogens (tertiary/aromatic N) is 5. The minimum Gasteiger partial charge on any atom is -0.308 e. The third-order valence-corrected chi connectivity index (χ3v) is 11.7. The van der Waals surface area contributed by atoms with E-state index in [0.29, 0.717) is 41.1 Å². The Morgan fingerprint density at radius 1 is 0.368 bits per heavy atom. The first-order chi connectivity index (χ1) is 32.2. The van der Waals surface area contributed by atoms with E-state index in [1.54, 1.807) is 66.7 Å². The van der Waals surface area contributed by atoms with Crippen LogP contribution in [0, 0.1) is 11.3 Å². The van der Waals surface area contributed by atoms with Crippen molar-refractivity contribution in [2.45, 2.75) is 24.7 Å². The van der Waals surface area contributed by atoms with Crippen molar-refractivity contribution < 1.29 is 52.7 Å². The van der Waals surface area contributed by atoms with Gasteiger partial charge in [-0.2, -0.15) is 57.9 Å². The van der Waals surface area contributed by atoms with E-state index in [9.17, 15) is 57.9 Å². The van der Waals surface area contributed by atoms with E-state index in [4.69, 9.17) is 9.97 Å². The molecule has 7 aromatic carbocycles. The lowest BCUT2D eigenvalue weighted by atomic mass is 10.0. The normalized spacial score (nSPS) is 12.7. The smallest absolute Gasteiger partial charge is 0.308 e. The number of aromatic nitrogens is 4. The topological polar surface area (TPSA) is 59.4 Å². The standard InChI is InChI=1S/C51H25F12N5/c52-48(53,54)30-11-15-41-34(21-30)35-22-31(49(55,56)57)12-16-42(35)67(41)45-19-29(40-25-39(27-7-3-1-4-8-27)65-47(66-40)28-9-5-2-6-10-28)20-46(38(45)26-64)68-43-17-13-32(50(58,59)60)23-36(43)37-24-33(51(61,62)63)14-18-44(37)68/h1-25H. The summed E-state index contributed by atoms with van der Waals surface area (Å²) in [4.78, 5) is 9.70. The quantitative estimate of drug-likeness (QED) is 0.162. The predicted octanol–water partition coefficient (Wildman–Crippen LogP) is 15.6. The molecule has 338 valence electrons. The van der Waals surface area contributed by atoms with Gasteiger partial charge in [0.15, 0.2) is 5.82 Å². The van der Waals surface area contributed by atoms with Crippen LogP contribution in [0.25, 0.3) is 88.9 Å². The molecule has 10 aromatic rings. The van der Waals surface area contributed by atoms with Crippen LogP contribution in [0.5, 0.6) is 0 Å². The molecule has 0 saturated carbocycles. The zero-order chi connectivity index (χ0) is 48.1. The van der Waals surface area contributed by atoms with Gasteiger partial charge in [-0.05, 0) is 91.0 Å². The van der Waals surface area contributed by atoms with Crippen molar-refractivity contribution in [1.82, 2.24) is 19.1 Å². The van der Waals surface area contributed by atoms with Crippen LogP contribution in [0.15, 0.2) is 152 Å². The molecule has 3 heterocycles. The molecule has 0 radical (unpaired) electrons. The first kappa shape index (κ1) is 43.7. The van der Waals surface area contributed by atoms with E-state index >= 15 is 0 Å². The lowest BCUT2D eigenvalue weighted by Gasteiger charge is -2.19. The highest BCUT2D eigenvalue weighted by atomic mass is 19.4. The van der Waals surface area contributed by atoms with E-state index in [1.165, 1.54) is 21.3 Å². The average Bonchev–Trinajstić information content (AvgIpc) is 3.81. The van der Waals surface area contributed by atoms with Crippen molar-refractivity contribution in [2.75, 3.05) is 0 Å². The summed E-state index contributed by atoms with van der Waals surface area (Å²) in [6, 6.07) is 34.1. The van der Waals surface area contributed by atoms with Gasteiger partial charge in [-0.3, -0.25) is 0 Å². The fourth-order valence-electron chi connectivity index (χ4n) is 8.57. The van der Waals surface area contributed by atoms with Crippen LogP contribution in [0.4, 0.5) is 52.7 Å². The molecule has 0 bridgehead atoms. The summed E-state index contributed by atoms with van der Waals surface area (Å²) in [7, 11) is 0. The van der Waals surface area contributed by atoms with Gasteiger partial charge in [0, 0.05) is 38.2 Å². The number of alkyl halides is 12. The van der Waals surface area contributed by atoms with Crippen LogP contribution < -0.4 is 0 Å². The van der Waals surface area contributed by atoms with Crippen molar-refractivity contribution in [3.05, 3.63) is 179 Å². The Hall–Kier alpha value is -8.13. The number of hydrogen-bond acceptors (Lipinski definition) is 3. The second-order valence-corrected chi connectivity index (χ2v) is 15.8. The van der Waals surface area contributed by atoms with Crippen LogP contribution in [-0.4, -0.2) is 19.1 Å². The van der Waals surface area contributed by atoms with E-state index in [0.717, 1.165) is 48.5 Å². The third-order valence-electron chi connectivity index (χ3n) is 11.7. The summed E-state index contributed by atoms with van der Waals surface area (Å²) >= 11 is 0. The molecular weight excluding hydrogens is 911 g/mol. The zero-order valence-corrected chi connectivity index (χ0v) is 34.2. The van der Waals surface area contributed by atoms with Gasteiger partial charge in [-0.15, -0.1) is 0 Å². The molecule has 0 aliphatic rings. The van der Waals surface area contributed by atoms with Crippen molar-refractivity contribution in [1.29, 1.82) is 5.26 Å². The molecule has 0 spiro atoms. The fraction of sp³-hybridized carbons (Fsp3) is 0.0784. The summed E-state index contributed by atoms with van der Waals surface area (Å²) in [5.41, 5.74) is -3.66. The van der Waals surface area contributed by atoms with Crippen LogP contribution in [-0.2, 0) is 24.7 Å². The molecule has 10 rings (SSSR count). The van der Waals surface area contributed by atoms with Crippen molar-refractivity contribution in [3.8, 4) is 51.3 Å². The lowest BCUT2D eigenvalue weighted by molar-refractivity contribution is -0.138. The summed E-state index contributed by atoms with van der Waals surface area (Å²) in [6.07, 6.45) is -19.7. The molecule has 0 amide bonds. The van der Waals surface area contributed by atoms with Crippen LogP contribution in [0.1, 0.15) is 27.8 Å². The molecule has 0 fully saturated rings. The number of benzene rings is 7. The molecule has 68 heavy (non-hydrogen) atoms. The van der Waals surface area contributed by atoms with Crippen molar-refractivity contribution >= 4 is 43.6 Å². The van der Waals surface area contributed by atoms with Gasteiger partial charge in [0.2, 0.25) is 0 Å². The Balaban J connectivity index is 1.38. The summed E-state index contributed by atoms with van der Waals surface area (Å²) < 4.78 is 174. The Morgan fingerprint density at radius 2 is 0.691 bits per heavy atom. The minimum absolute atomic E-state index is 0.0728. The molecule has 0 atom stereocenters. The third kappa shape index (κ3) is 7.51. The maximum atomic E-state index is 14.3. The second kappa shape index (κ2) is 15.5. The highest BCUT2D eigenvalue weighted by molar-refractivity contribution is 6.12. The fourth-order valence-corrected chi connectivity index (χ4v) is 8.57. The number of halogens is 12. The largest absolute Gasteiger partial charge is 0.416 e. The van der Waals surface area contributed by atoms with Gasteiger partial charge in [-0.1, -0.05) is 60.7 Å². The highest BCUT2D eigenvalue weighted by Gasteiger charge is 2.36. The van der Waals surface area contributed by atoms with E-state index in [2.05, 4.69) is 6.07 Å². The molecule has 17 heteroatoms. The SMILES string of the molecule is N#Cc1c(-n2c3ccc(C(F)(F)F)cc3c3cc(C(F)(F)F)ccc32)cc(-c2cc(-c3ccccc3)nc(-c3ccccc3)n2)cc1-n1c2ccc(C(F)(F)F)cc2c2cc(C(F)(F)F)ccc21. The first-order valence-electron chi connectivity index (χ1n) is 20.2. The first-order valence-corrected chi connectivity index (χ1v) is 20.2. The number of fused-ring (bicyclic) bond motifs is 6. The molecule has 0 aliphatic heterocycles. The molecule has 3 aromatic heterocycles. The molecule has 0 saturated heterocycles. The van der Waals surface area contributed by atoms with Crippen LogP contribution >= 0.6 is 0 Å². The summed E-state index contributed by atoms with van der Waals surface area (Å²) in [5, 5.41) is 10.2. The van der Waals surface area contributed by atoms with E-state index < -0.39 is 47.0 Å². The van der Waals surface area contributed by atoms with Gasteiger partial charge in [0.05, 0.1) is 67.1 Å². The number of hydrogen-bond donors (Lipinski definition) is 0. The molecular formula is C51H25F12N5. The Kier molecular flexibility index (Phi) is 9.96. The van der Waals surface area contributed by atoms with Gasteiger partial charge in [0.25, 0.3) is 0 Å². The lowest BCUT2D eigenvalue weighted by Crippen LogP contribution is -2.07. The van der Waals surface area contributed by atoms with Gasteiger partial charge in [-0.25, -0.2) is 9.97 Å². The van der Waals surface area contributed by atoms with Crippen LogP contribution in [0.3, 0.4) is 0 Å². The van der Waals surface area contributed by atoms with Gasteiger partial charge in [0.1, 0.15) is 11.6 Å². The molecule has 0 aliphatic carbocycles. The minimum atomic E-state index is -4.93.